The first-order valence-corrected chi connectivity index (χ1v) is 10.3. The first-order chi connectivity index (χ1) is 13.1. The molecule has 0 aliphatic carbocycles. The van der Waals surface area contributed by atoms with E-state index in [4.69, 9.17) is 11.6 Å². The van der Waals surface area contributed by atoms with E-state index in [0.29, 0.717) is 5.92 Å². The minimum Gasteiger partial charge on any atom is -0.302 e. The van der Waals surface area contributed by atoms with Crippen molar-refractivity contribution in [2.45, 2.75) is 33.6 Å². The van der Waals surface area contributed by atoms with Gasteiger partial charge >= 0.3 is 0 Å². The highest BCUT2D eigenvalue weighted by Gasteiger charge is 2.19. The Labute approximate surface area is 168 Å². The Morgan fingerprint density at radius 3 is 2.44 bits per heavy atom. The summed E-state index contributed by atoms with van der Waals surface area (Å²) in [5.74, 6) is 0.674. The van der Waals surface area contributed by atoms with E-state index in [1.54, 1.807) is 0 Å². The zero-order valence-corrected chi connectivity index (χ0v) is 17.5. The van der Waals surface area contributed by atoms with Gasteiger partial charge in [-0.15, -0.1) is 6.58 Å². The van der Waals surface area contributed by atoms with Crippen LogP contribution < -0.4 is 10.4 Å². The Bertz CT molecular complexity index is 924. The zero-order valence-electron chi connectivity index (χ0n) is 16.8. The van der Waals surface area contributed by atoms with E-state index < -0.39 is 0 Å². The fraction of sp³-hybridized carbons (Fsp3) is 0.360. The minimum absolute atomic E-state index is 0.674. The summed E-state index contributed by atoms with van der Waals surface area (Å²) in [4.78, 5) is 2.55. The van der Waals surface area contributed by atoms with Gasteiger partial charge in [-0.1, -0.05) is 54.1 Å². The van der Waals surface area contributed by atoms with Crippen molar-refractivity contribution in [2.24, 2.45) is 5.92 Å². The molecule has 1 aliphatic rings. The third-order valence-corrected chi connectivity index (χ3v) is 6.14. The topological polar surface area (TPSA) is 3.24 Å². The third-order valence-electron chi connectivity index (χ3n) is 5.83. The monoisotopic (exact) mass is 379 g/mol. The molecule has 0 amide bonds. The Morgan fingerprint density at radius 1 is 1.15 bits per heavy atom. The predicted octanol–water partition coefficient (Wildman–Crippen LogP) is 4.97. The Balaban J connectivity index is 1.78. The summed E-state index contributed by atoms with van der Waals surface area (Å²) in [5.41, 5.74) is 5.14. The van der Waals surface area contributed by atoms with Crippen LogP contribution in [-0.2, 0) is 6.42 Å². The van der Waals surface area contributed by atoms with Gasteiger partial charge in [0.1, 0.15) is 0 Å². The largest absolute Gasteiger partial charge is 0.302 e. The predicted molar refractivity (Wildman–Crippen MR) is 120 cm³/mol. The molecule has 0 spiro atoms. The van der Waals surface area contributed by atoms with Gasteiger partial charge in [0, 0.05) is 18.1 Å². The maximum Gasteiger partial charge on any atom is 0.0487 e. The number of nitrogens with zero attached hydrogens (tertiary/aromatic N) is 1. The molecule has 2 aromatic rings. The van der Waals surface area contributed by atoms with Crippen LogP contribution in [-0.4, -0.2) is 24.5 Å². The molecular weight excluding hydrogens is 350 g/mol. The standard InChI is InChI=1S/C25H30ClN/c1-5-19-12-14-27(17-19)15-13-20-8-10-21(11-9-20)24-16-25(26)23(7-3)22(6-2)18(24)4/h5-11,16,19H,1,12-15,17H2,2-4H3/b22-6-,23-7+. The third kappa shape index (κ3) is 4.36. The van der Waals surface area contributed by atoms with Crippen LogP contribution in [0.4, 0.5) is 0 Å². The zero-order chi connectivity index (χ0) is 19.4. The SMILES string of the molecule is C=CC1CCN(CCc2ccc(-c3cc(Cl)c(=C/C)/c(=C\C)c3C)cc2)C1. The van der Waals surface area contributed by atoms with Crippen LogP contribution >= 0.6 is 11.6 Å². The van der Waals surface area contributed by atoms with Gasteiger partial charge in [0.2, 0.25) is 0 Å². The normalized spacial score (nSPS) is 19.0. The Kier molecular flexibility index (Phi) is 6.57. The average molecular weight is 380 g/mol. The highest BCUT2D eigenvalue weighted by atomic mass is 35.5. The van der Waals surface area contributed by atoms with Crippen molar-refractivity contribution in [3.05, 3.63) is 69.6 Å². The number of likely N-dealkylation sites (tertiary alicyclic amines) is 1. The van der Waals surface area contributed by atoms with Gasteiger partial charge < -0.3 is 4.90 Å². The molecule has 0 radical (unpaired) electrons. The molecule has 0 aromatic heterocycles. The summed E-state index contributed by atoms with van der Waals surface area (Å²) in [6, 6.07) is 11.1. The maximum atomic E-state index is 6.55. The van der Waals surface area contributed by atoms with Crippen LogP contribution in [0, 0.1) is 12.8 Å². The lowest BCUT2D eigenvalue weighted by Crippen LogP contribution is -2.28. The molecule has 1 nitrogen and oxygen atoms in total. The van der Waals surface area contributed by atoms with Gasteiger partial charge in [0.05, 0.1) is 0 Å². The molecule has 3 rings (SSSR count). The molecular formula is C25H30ClN. The van der Waals surface area contributed by atoms with Gasteiger partial charge in [0.15, 0.2) is 0 Å². The summed E-state index contributed by atoms with van der Waals surface area (Å²) in [5, 5.41) is 3.18. The molecule has 1 fully saturated rings. The van der Waals surface area contributed by atoms with Crippen LogP contribution in [0.15, 0.2) is 43.0 Å². The number of halogens is 1. The number of benzene rings is 2. The smallest absolute Gasteiger partial charge is 0.0487 e. The van der Waals surface area contributed by atoms with Gasteiger partial charge in [-0.05, 0) is 84.8 Å². The molecule has 1 heterocycles. The second-order valence-corrected chi connectivity index (χ2v) is 7.87. The van der Waals surface area contributed by atoms with E-state index in [9.17, 15) is 0 Å². The summed E-state index contributed by atoms with van der Waals surface area (Å²) in [6.07, 6.45) is 8.70. The van der Waals surface area contributed by atoms with Crippen LogP contribution in [0.3, 0.4) is 0 Å². The quantitative estimate of drug-likeness (QED) is 0.663. The van der Waals surface area contributed by atoms with Crippen LogP contribution in [0.25, 0.3) is 23.3 Å². The first-order valence-electron chi connectivity index (χ1n) is 9.93. The number of rotatable bonds is 5. The second kappa shape index (κ2) is 8.91. The van der Waals surface area contributed by atoms with Crippen molar-refractivity contribution in [1.29, 1.82) is 0 Å². The van der Waals surface area contributed by atoms with Crippen molar-refractivity contribution in [3.8, 4) is 11.1 Å². The molecule has 1 aliphatic heterocycles. The minimum atomic E-state index is 0.674. The van der Waals surface area contributed by atoms with Crippen molar-refractivity contribution >= 4 is 23.8 Å². The highest BCUT2D eigenvalue weighted by Crippen LogP contribution is 2.24. The van der Waals surface area contributed by atoms with Gasteiger partial charge in [-0.2, -0.15) is 0 Å². The van der Waals surface area contributed by atoms with Crippen molar-refractivity contribution < 1.29 is 0 Å². The lowest BCUT2D eigenvalue weighted by atomic mass is 9.96. The number of hydrogen-bond donors (Lipinski definition) is 0. The molecule has 0 N–H and O–H groups in total. The Morgan fingerprint density at radius 2 is 1.85 bits per heavy atom. The lowest BCUT2D eigenvalue weighted by Gasteiger charge is -2.15. The van der Waals surface area contributed by atoms with E-state index in [1.807, 2.05) is 6.92 Å². The Hall–Kier alpha value is -1.83. The maximum absolute atomic E-state index is 6.55. The second-order valence-electron chi connectivity index (χ2n) is 7.47. The summed E-state index contributed by atoms with van der Waals surface area (Å²) in [6.45, 7) is 13.7. The lowest BCUT2D eigenvalue weighted by molar-refractivity contribution is 0.336. The van der Waals surface area contributed by atoms with Crippen LogP contribution in [0.5, 0.6) is 0 Å². The molecule has 0 bridgehead atoms. The summed E-state index contributed by atoms with van der Waals surface area (Å²) in [7, 11) is 0. The van der Waals surface area contributed by atoms with Gasteiger partial charge in [-0.25, -0.2) is 0 Å². The van der Waals surface area contributed by atoms with E-state index in [0.717, 1.165) is 29.8 Å². The van der Waals surface area contributed by atoms with E-state index >= 15 is 0 Å². The molecule has 1 unspecified atom stereocenters. The van der Waals surface area contributed by atoms with Crippen molar-refractivity contribution in [1.82, 2.24) is 4.90 Å². The molecule has 142 valence electrons. The molecule has 2 heteroatoms. The fourth-order valence-corrected chi connectivity index (χ4v) is 4.47. The highest BCUT2D eigenvalue weighted by molar-refractivity contribution is 6.31. The first kappa shape index (κ1) is 19.9. The van der Waals surface area contributed by atoms with Crippen molar-refractivity contribution in [3.63, 3.8) is 0 Å². The average Bonchev–Trinajstić information content (AvgIpc) is 3.16. The van der Waals surface area contributed by atoms with Crippen LogP contribution in [0.2, 0.25) is 5.02 Å². The van der Waals surface area contributed by atoms with Crippen molar-refractivity contribution in [2.75, 3.05) is 19.6 Å². The van der Waals surface area contributed by atoms with E-state index in [-0.39, 0.29) is 0 Å². The summed E-state index contributed by atoms with van der Waals surface area (Å²) >= 11 is 6.55. The molecule has 1 saturated heterocycles. The number of hydrogen-bond acceptors (Lipinski definition) is 1. The van der Waals surface area contributed by atoms with Crippen LogP contribution in [0.1, 0.15) is 31.4 Å². The molecule has 2 aromatic carbocycles. The van der Waals surface area contributed by atoms with E-state index in [1.165, 1.54) is 40.4 Å². The summed E-state index contributed by atoms with van der Waals surface area (Å²) < 4.78 is 0. The van der Waals surface area contributed by atoms with E-state index in [2.05, 4.69) is 73.9 Å². The fourth-order valence-electron chi connectivity index (χ4n) is 4.15. The molecule has 27 heavy (non-hydrogen) atoms. The van der Waals surface area contributed by atoms with Gasteiger partial charge in [-0.3, -0.25) is 0 Å². The van der Waals surface area contributed by atoms with Gasteiger partial charge in [0.25, 0.3) is 0 Å². The molecule has 1 atom stereocenters. The molecule has 0 saturated carbocycles.